The van der Waals surface area contributed by atoms with E-state index in [0.29, 0.717) is 28.6 Å². The van der Waals surface area contributed by atoms with Crippen LogP contribution in [0.4, 0.5) is 5.69 Å². The van der Waals surface area contributed by atoms with E-state index >= 15 is 0 Å². The molecule has 34 heavy (non-hydrogen) atoms. The van der Waals surface area contributed by atoms with Crippen molar-refractivity contribution in [3.63, 3.8) is 0 Å². The molecule has 4 aromatic rings. The summed E-state index contributed by atoms with van der Waals surface area (Å²) in [5.74, 6) is 0.182. The van der Waals surface area contributed by atoms with Gasteiger partial charge in [-0.2, -0.15) is 10.2 Å². The molecular weight excluding hydrogens is 458 g/mol. The number of non-ortho nitro benzene ring substituents is 1. The predicted molar refractivity (Wildman–Crippen MR) is 128 cm³/mol. The van der Waals surface area contributed by atoms with Gasteiger partial charge < -0.3 is 4.74 Å². The summed E-state index contributed by atoms with van der Waals surface area (Å²) in [6, 6.07) is 22.2. The molecule has 0 bridgehead atoms. The Hall–Kier alpha value is -4.50. The smallest absolute Gasteiger partial charge is 0.289 e. The Bertz CT molecular complexity index is 1330. The van der Waals surface area contributed by atoms with Gasteiger partial charge in [-0.25, -0.2) is 5.43 Å². The Morgan fingerprint density at radius 3 is 2.62 bits per heavy atom. The van der Waals surface area contributed by atoms with Gasteiger partial charge >= 0.3 is 0 Å². The number of nitrogens with zero attached hydrogens (tertiary/aromatic N) is 3. The maximum atomic E-state index is 12.4. The van der Waals surface area contributed by atoms with Crippen LogP contribution >= 0.6 is 11.6 Å². The molecule has 0 unspecified atom stereocenters. The fourth-order valence-electron chi connectivity index (χ4n) is 2.99. The Morgan fingerprint density at radius 1 is 1.12 bits per heavy atom. The summed E-state index contributed by atoms with van der Waals surface area (Å²) in [6.45, 7) is 0.390. The molecule has 3 aromatic carbocycles. The molecule has 4 rings (SSSR count). The highest BCUT2D eigenvalue weighted by molar-refractivity contribution is 6.30. The second-order valence-corrected chi connectivity index (χ2v) is 7.59. The van der Waals surface area contributed by atoms with Crippen molar-refractivity contribution < 1.29 is 14.5 Å². The average Bonchev–Trinajstić information content (AvgIpc) is 3.35. The highest BCUT2D eigenvalue weighted by Gasteiger charge is 2.11. The number of benzene rings is 3. The predicted octanol–water partition coefficient (Wildman–Crippen LogP) is 4.98. The van der Waals surface area contributed by atoms with E-state index in [-0.39, 0.29) is 11.4 Å². The second-order valence-electron chi connectivity index (χ2n) is 7.16. The van der Waals surface area contributed by atoms with Crippen LogP contribution in [0, 0.1) is 10.1 Å². The fourth-order valence-corrected chi connectivity index (χ4v) is 3.11. The number of nitrogens with one attached hydrogen (secondary N) is 2. The summed E-state index contributed by atoms with van der Waals surface area (Å²) < 4.78 is 5.85. The van der Waals surface area contributed by atoms with Gasteiger partial charge in [0.25, 0.3) is 11.6 Å². The number of carbonyl (C=O) groups excluding carboxylic acids is 1. The lowest BCUT2D eigenvalue weighted by Crippen LogP contribution is -2.17. The summed E-state index contributed by atoms with van der Waals surface area (Å²) >= 11 is 5.91. The molecule has 1 amide bonds. The third-order valence-electron chi connectivity index (χ3n) is 4.75. The highest BCUT2D eigenvalue weighted by atomic mass is 35.5. The molecule has 0 saturated heterocycles. The first-order chi connectivity index (χ1) is 16.5. The van der Waals surface area contributed by atoms with Crippen LogP contribution in [0.15, 0.2) is 84.0 Å². The number of hydrazone groups is 1. The van der Waals surface area contributed by atoms with Crippen LogP contribution in [-0.4, -0.2) is 27.2 Å². The van der Waals surface area contributed by atoms with Crippen molar-refractivity contribution in [2.75, 3.05) is 0 Å². The lowest BCUT2D eigenvalue weighted by Gasteiger charge is -2.07. The Kier molecular flexibility index (Phi) is 6.95. The Morgan fingerprint density at radius 2 is 1.88 bits per heavy atom. The molecule has 0 fully saturated rings. The largest absolute Gasteiger partial charge is 0.489 e. The van der Waals surface area contributed by atoms with E-state index < -0.39 is 10.8 Å². The molecule has 0 atom stereocenters. The number of ether oxygens (including phenoxy) is 1. The second kappa shape index (κ2) is 10.4. The van der Waals surface area contributed by atoms with Crippen LogP contribution in [0.2, 0.25) is 5.02 Å². The molecule has 0 saturated carbocycles. The molecule has 0 aliphatic carbocycles. The van der Waals surface area contributed by atoms with Crippen LogP contribution in [0.5, 0.6) is 5.75 Å². The first-order valence-corrected chi connectivity index (χ1v) is 10.5. The summed E-state index contributed by atoms with van der Waals surface area (Å²) in [6.07, 6.45) is 1.39. The third kappa shape index (κ3) is 5.84. The van der Waals surface area contributed by atoms with Crippen molar-refractivity contribution in [1.82, 2.24) is 15.6 Å². The lowest BCUT2D eigenvalue weighted by molar-refractivity contribution is -0.384. The number of rotatable bonds is 8. The highest BCUT2D eigenvalue weighted by Crippen LogP contribution is 2.24. The SMILES string of the molecule is O=C(N/N=C\c1ccc([N+](=O)[O-])cc1)c1cc(-c2cccc(OCc3ccc(Cl)cc3)c2)n[nH]1. The number of halogens is 1. The van der Waals surface area contributed by atoms with E-state index in [1.807, 2.05) is 48.5 Å². The lowest BCUT2D eigenvalue weighted by atomic mass is 10.1. The summed E-state index contributed by atoms with van der Waals surface area (Å²) in [4.78, 5) is 22.6. The number of hydrogen-bond donors (Lipinski definition) is 2. The molecule has 1 heterocycles. The van der Waals surface area contributed by atoms with Crippen LogP contribution < -0.4 is 10.2 Å². The van der Waals surface area contributed by atoms with Gasteiger partial charge in [0.15, 0.2) is 0 Å². The zero-order chi connectivity index (χ0) is 23.9. The quantitative estimate of drug-likeness (QED) is 0.211. The van der Waals surface area contributed by atoms with Crippen molar-refractivity contribution in [2.45, 2.75) is 6.61 Å². The summed E-state index contributed by atoms with van der Waals surface area (Å²) in [7, 11) is 0. The molecule has 170 valence electrons. The monoisotopic (exact) mass is 475 g/mol. The maximum Gasteiger partial charge on any atom is 0.289 e. The summed E-state index contributed by atoms with van der Waals surface area (Å²) in [5.41, 5.74) is 5.54. The van der Waals surface area contributed by atoms with Crippen LogP contribution in [0.1, 0.15) is 21.6 Å². The van der Waals surface area contributed by atoms with E-state index in [1.165, 1.54) is 30.5 Å². The van der Waals surface area contributed by atoms with E-state index in [2.05, 4.69) is 20.7 Å². The molecule has 2 N–H and O–H groups in total. The van der Waals surface area contributed by atoms with Gasteiger partial charge in [0.05, 0.1) is 16.8 Å². The molecule has 1 aromatic heterocycles. The van der Waals surface area contributed by atoms with Gasteiger partial charge in [-0.3, -0.25) is 20.0 Å². The van der Waals surface area contributed by atoms with Gasteiger partial charge in [0.1, 0.15) is 18.1 Å². The van der Waals surface area contributed by atoms with Crippen molar-refractivity contribution in [2.24, 2.45) is 5.10 Å². The number of nitro benzene ring substituents is 1. The van der Waals surface area contributed by atoms with Crippen molar-refractivity contribution >= 4 is 29.4 Å². The average molecular weight is 476 g/mol. The first-order valence-electron chi connectivity index (χ1n) is 10.1. The molecule has 9 nitrogen and oxygen atoms in total. The standard InChI is InChI=1S/C24H18ClN5O4/c25-19-8-4-17(5-9-19)15-34-21-3-1-2-18(12-21)22-13-23(28-27-22)24(31)29-26-14-16-6-10-20(11-7-16)30(32)33/h1-14H,15H2,(H,27,28)(H,29,31)/b26-14-. The minimum Gasteiger partial charge on any atom is -0.489 e. The topological polar surface area (TPSA) is 123 Å². The Labute approximate surface area is 199 Å². The summed E-state index contributed by atoms with van der Waals surface area (Å²) in [5, 5.41) is 22.1. The van der Waals surface area contributed by atoms with E-state index in [4.69, 9.17) is 16.3 Å². The van der Waals surface area contributed by atoms with Crippen molar-refractivity contribution in [1.29, 1.82) is 0 Å². The van der Waals surface area contributed by atoms with Gasteiger partial charge in [-0.05, 0) is 53.6 Å². The number of aromatic nitrogens is 2. The van der Waals surface area contributed by atoms with Crippen LogP contribution in [-0.2, 0) is 6.61 Å². The molecule has 10 heteroatoms. The van der Waals surface area contributed by atoms with Gasteiger partial charge in [0.2, 0.25) is 0 Å². The molecule has 0 spiro atoms. The number of carbonyl (C=O) groups is 1. The number of H-pyrrole nitrogens is 1. The number of hydrogen-bond acceptors (Lipinski definition) is 6. The molecule has 0 aliphatic heterocycles. The van der Waals surface area contributed by atoms with Gasteiger partial charge in [-0.15, -0.1) is 0 Å². The zero-order valence-corrected chi connectivity index (χ0v) is 18.4. The van der Waals surface area contributed by atoms with Crippen LogP contribution in [0.25, 0.3) is 11.3 Å². The zero-order valence-electron chi connectivity index (χ0n) is 17.6. The maximum absolute atomic E-state index is 12.4. The van der Waals surface area contributed by atoms with Gasteiger partial charge in [-0.1, -0.05) is 35.9 Å². The minimum absolute atomic E-state index is 0.0226. The van der Waals surface area contributed by atoms with Gasteiger partial charge in [0, 0.05) is 22.7 Å². The molecule has 0 aliphatic rings. The third-order valence-corrected chi connectivity index (χ3v) is 5.01. The first kappa shape index (κ1) is 22.7. The molecule has 0 radical (unpaired) electrons. The van der Waals surface area contributed by atoms with Crippen molar-refractivity contribution in [3.05, 3.63) is 111 Å². The van der Waals surface area contributed by atoms with E-state index in [0.717, 1.165) is 11.1 Å². The number of nitro groups is 1. The Balaban J connectivity index is 1.36. The fraction of sp³-hybridized carbons (Fsp3) is 0.0417. The molecular formula is C24H18ClN5O4. The normalized spacial score (nSPS) is 10.9. The van der Waals surface area contributed by atoms with Crippen molar-refractivity contribution in [3.8, 4) is 17.0 Å². The minimum atomic E-state index is -0.486. The number of aromatic amines is 1. The number of amides is 1. The van der Waals surface area contributed by atoms with E-state index in [1.54, 1.807) is 6.07 Å². The van der Waals surface area contributed by atoms with Crippen LogP contribution in [0.3, 0.4) is 0 Å². The van der Waals surface area contributed by atoms with E-state index in [9.17, 15) is 14.9 Å².